The minimum absolute atomic E-state index is 0.0266. The van der Waals surface area contributed by atoms with Crippen LogP contribution in [0.3, 0.4) is 0 Å². The van der Waals surface area contributed by atoms with Gasteiger partial charge < -0.3 is 5.73 Å². The van der Waals surface area contributed by atoms with E-state index in [0.717, 1.165) is 24.3 Å². The van der Waals surface area contributed by atoms with Gasteiger partial charge in [0.25, 0.3) is 15.7 Å². The van der Waals surface area contributed by atoms with Crippen LogP contribution in [0.5, 0.6) is 0 Å². The lowest BCUT2D eigenvalue weighted by Crippen LogP contribution is -2.15. The molecule has 0 aliphatic heterocycles. The molecule has 0 heterocycles. The van der Waals surface area contributed by atoms with Gasteiger partial charge in [-0.3, -0.25) is 19.6 Å². The molecule has 0 aromatic heterocycles. The molecule has 0 saturated heterocycles. The highest BCUT2D eigenvalue weighted by molar-refractivity contribution is 7.92. The van der Waals surface area contributed by atoms with Crippen molar-refractivity contribution in [3.8, 4) is 0 Å². The molecule has 2 aromatic carbocycles. The van der Waals surface area contributed by atoms with Crippen molar-refractivity contribution in [2.24, 2.45) is 5.73 Å². The van der Waals surface area contributed by atoms with Crippen LogP contribution in [0.2, 0.25) is 5.02 Å². The monoisotopic (exact) mass is 355 g/mol. The third-order valence-corrected chi connectivity index (χ3v) is 4.56. The van der Waals surface area contributed by atoms with E-state index in [0.29, 0.717) is 0 Å². The van der Waals surface area contributed by atoms with Crippen molar-refractivity contribution in [3.63, 3.8) is 0 Å². The highest BCUT2D eigenvalue weighted by Crippen LogP contribution is 2.26. The van der Waals surface area contributed by atoms with E-state index in [-0.39, 0.29) is 26.9 Å². The van der Waals surface area contributed by atoms with Gasteiger partial charge in [-0.15, -0.1) is 0 Å². The molecule has 3 N–H and O–H groups in total. The Morgan fingerprint density at radius 3 is 2.30 bits per heavy atom. The number of nitrogens with one attached hydrogen (secondary N) is 1. The molecular weight excluding hydrogens is 346 g/mol. The van der Waals surface area contributed by atoms with Gasteiger partial charge in [0.2, 0.25) is 5.91 Å². The highest BCUT2D eigenvalue weighted by Gasteiger charge is 2.18. The lowest BCUT2D eigenvalue weighted by atomic mass is 10.2. The fraction of sp³-hybridized carbons (Fsp3) is 0. The van der Waals surface area contributed by atoms with Gasteiger partial charge in [0.05, 0.1) is 20.5 Å². The van der Waals surface area contributed by atoms with E-state index >= 15 is 0 Å². The standard InChI is InChI=1S/C13H10ClN3O5S/c14-11-6-1-8(13(15)18)7-12(11)16-23(21,22)10-4-2-9(3-5-10)17(19)20/h1-7,16H,(H2,15,18). The number of nitro benzene ring substituents is 1. The van der Waals surface area contributed by atoms with Crippen LogP contribution in [0.4, 0.5) is 11.4 Å². The van der Waals surface area contributed by atoms with Crippen molar-refractivity contribution in [1.82, 2.24) is 0 Å². The summed E-state index contributed by atoms with van der Waals surface area (Å²) < 4.78 is 26.7. The van der Waals surface area contributed by atoms with Crippen LogP contribution < -0.4 is 10.5 Å². The van der Waals surface area contributed by atoms with Crippen LogP contribution in [0.1, 0.15) is 10.4 Å². The van der Waals surface area contributed by atoms with Crippen LogP contribution in [0.15, 0.2) is 47.4 Å². The molecule has 2 aromatic rings. The van der Waals surface area contributed by atoms with Crippen LogP contribution >= 0.6 is 11.6 Å². The number of halogens is 1. The Bertz CT molecular complexity index is 881. The summed E-state index contributed by atoms with van der Waals surface area (Å²) in [4.78, 5) is 20.9. The van der Waals surface area contributed by atoms with Gasteiger partial charge >= 0.3 is 0 Å². The minimum atomic E-state index is -4.03. The summed E-state index contributed by atoms with van der Waals surface area (Å²) in [5, 5.41) is 10.6. The minimum Gasteiger partial charge on any atom is -0.366 e. The quantitative estimate of drug-likeness (QED) is 0.626. The molecule has 0 unspecified atom stereocenters. The maximum absolute atomic E-state index is 12.3. The summed E-state index contributed by atoms with van der Waals surface area (Å²) in [5.74, 6) is -0.738. The number of sulfonamides is 1. The van der Waals surface area contributed by atoms with E-state index in [4.69, 9.17) is 17.3 Å². The van der Waals surface area contributed by atoms with Crippen molar-refractivity contribution in [2.75, 3.05) is 4.72 Å². The molecule has 23 heavy (non-hydrogen) atoms. The predicted molar refractivity (Wildman–Crippen MR) is 83.9 cm³/mol. The van der Waals surface area contributed by atoms with Crippen LogP contribution in [0, 0.1) is 10.1 Å². The highest BCUT2D eigenvalue weighted by atomic mass is 35.5. The van der Waals surface area contributed by atoms with Gasteiger partial charge in [0.15, 0.2) is 0 Å². The zero-order valence-electron chi connectivity index (χ0n) is 11.4. The van der Waals surface area contributed by atoms with Gasteiger partial charge in [-0.05, 0) is 30.3 Å². The average molecular weight is 356 g/mol. The molecule has 0 radical (unpaired) electrons. The van der Waals surface area contributed by atoms with Gasteiger partial charge in [0, 0.05) is 17.7 Å². The summed E-state index contributed by atoms with van der Waals surface area (Å²) >= 11 is 5.89. The van der Waals surface area contributed by atoms with E-state index in [1.807, 2.05) is 0 Å². The smallest absolute Gasteiger partial charge is 0.269 e. The number of non-ortho nitro benzene ring substituents is 1. The number of carbonyl (C=O) groups is 1. The maximum Gasteiger partial charge on any atom is 0.269 e. The molecule has 1 amide bonds. The number of primary amides is 1. The van der Waals surface area contributed by atoms with E-state index in [1.54, 1.807) is 0 Å². The van der Waals surface area contributed by atoms with Crippen molar-refractivity contribution < 1.29 is 18.1 Å². The molecule has 2 rings (SSSR count). The van der Waals surface area contributed by atoms with Crippen molar-refractivity contribution in [3.05, 3.63) is 63.2 Å². The zero-order chi connectivity index (χ0) is 17.2. The third kappa shape index (κ3) is 3.76. The zero-order valence-corrected chi connectivity index (χ0v) is 13.0. The second-order valence-corrected chi connectivity index (χ2v) is 6.50. The Morgan fingerprint density at radius 2 is 1.78 bits per heavy atom. The van der Waals surface area contributed by atoms with E-state index in [2.05, 4.69) is 4.72 Å². The Labute approximate surface area is 136 Å². The second-order valence-electron chi connectivity index (χ2n) is 4.42. The summed E-state index contributed by atoms with van der Waals surface area (Å²) in [6.07, 6.45) is 0. The van der Waals surface area contributed by atoms with E-state index in [1.165, 1.54) is 18.2 Å². The SMILES string of the molecule is NC(=O)c1ccc(Cl)c(NS(=O)(=O)c2ccc([N+](=O)[O-])cc2)c1. The van der Waals surface area contributed by atoms with Gasteiger partial charge in [-0.2, -0.15) is 0 Å². The largest absolute Gasteiger partial charge is 0.366 e. The number of hydrogen-bond donors (Lipinski definition) is 2. The summed E-state index contributed by atoms with van der Waals surface area (Å²) in [6, 6.07) is 8.20. The fourth-order valence-corrected chi connectivity index (χ4v) is 3.00. The number of amides is 1. The number of benzene rings is 2. The van der Waals surface area contributed by atoms with E-state index in [9.17, 15) is 23.3 Å². The van der Waals surface area contributed by atoms with E-state index < -0.39 is 20.9 Å². The summed E-state index contributed by atoms with van der Waals surface area (Å²) in [7, 11) is -4.03. The first-order valence-corrected chi connectivity index (χ1v) is 7.93. The van der Waals surface area contributed by atoms with Crippen molar-refractivity contribution in [1.29, 1.82) is 0 Å². The molecule has 0 bridgehead atoms. The Balaban J connectivity index is 2.36. The molecule has 0 saturated carbocycles. The Morgan fingerprint density at radius 1 is 1.17 bits per heavy atom. The first kappa shape index (κ1) is 16.7. The number of nitro groups is 1. The number of carbonyl (C=O) groups excluding carboxylic acids is 1. The predicted octanol–water partition coefficient (Wildman–Crippen LogP) is 2.15. The molecule has 10 heteroatoms. The number of hydrogen-bond acceptors (Lipinski definition) is 5. The first-order valence-electron chi connectivity index (χ1n) is 6.07. The molecule has 0 fully saturated rings. The number of nitrogens with two attached hydrogens (primary N) is 1. The lowest BCUT2D eigenvalue weighted by Gasteiger charge is -2.10. The van der Waals surface area contributed by atoms with Gasteiger partial charge in [-0.25, -0.2) is 8.42 Å². The first-order chi connectivity index (χ1) is 10.7. The maximum atomic E-state index is 12.3. The molecule has 0 aliphatic carbocycles. The molecule has 0 aliphatic rings. The van der Waals surface area contributed by atoms with Crippen LogP contribution in [-0.2, 0) is 10.0 Å². The van der Waals surface area contributed by atoms with Crippen molar-refractivity contribution in [2.45, 2.75) is 4.90 Å². The molecule has 0 atom stereocenters. The second kappa shape index (κ2) is 6.23. The topological polar surface area (TPSA) is 132 Å². The Kier molecular flexibility index (Phi) is 4.52. The molecule has 120 valence electrons. The van der Waals surface area contributed by atoms with Crippen LogP contribution in [0.25, 0.3) is 0 Å². The van der Waals surface area contributed by atoms with Gasteiger partial charge in [0.1, 0.15) is 0 Å². The van der Waals surface area contributed by atoms with Crippen LogP contribution in [-0.4, -0.2) is 19.2 Å². The molecule has 8 nitrogen and oxygen atoms in total. The third-order valence-electron chi connectivity index (χ3n) is 2.85. The molecular formula is C13H10ClN3O5S. The molecule has 0 spiro atoms. The number of anilines is 1. The fourth-order valence-electron chi connectivity index (χ4n) is 1.71. The summed E-state index contributed by atoms with van der Waals surface area (Å²) in [5.41, 5.74) is 4.94. The lowest BCUT2D eigenvalue weighted by molar-refractivity contribution is -0.384. The number of rotatable bonds is 5. The van der Waals surface area contributed by atoms with Crippen molar-refractivity contribution >= 4 is 38.9 Å². The average Bonchev–Trinajstić information content (AvgIpc) is 2.49. The Hall–Kier alpha value is -2.65. The summed E-state index contributed by atoms with van der Waals surface area (Å²) in [6.45, 7) is 0. The van der Waals surface area contributed by atoms with Gasteiger partial charge in [-0.1, -0.05) is 11.6 Å². The number of nitrogens with zero attached hydrogens (tertiary/aromatic N) is 1. The normalized spacial score (nSPS) is 11.0.